The van der Waals surface area contributed by atoms with Gasteiger partial charge in [-0.15, -0.1) is 0 Å². The molecule has 2 atom stereocenters. The molecule has 0 spiro atoms. The predicted octanol–water partition coefficient (Wildman–Crippen LogP) is 1.58. The van der Waals surface area contributed by atoms with E-state index in [1.807, 2.05) is 41.9 Å². The summed E-state index contributed by atoms with van der Waals surface area (Å²) in [6.07, 6.45) is 0.887. The predicted molar refractivity (Wildman–Crippen MR) is 53.5 cm³/mol. The van der Waals surface area contributed by atoms with Gasteiger partial charge in [0.2, 0.25) is 0 Å². The molecule has 0 aliphatic heterocycles. The van der Waals surface area contributed by atoms with Gasteiger partial charge in [0.15, 0.2) is 5.54 Å². The third-order valence-corrected chi connectivity index (χ3v) is 3.40. The number of carboxylic acids is 1. The Hall–Kier alpha value is -0.570. The molecule has 0 saturated heterocycles. The number of quaternary nitrogens is 1. The fourth-order valence-corrected chi connectivity index (χ4v) is 1.56. The van der Waals surface area contributed by atoms with Crippen molar-refractivity contribution in [3.8, 4) is 0 Å². The van der Waals surface area contributed by atoms with Gasteiger partial charge in [0.05, 0.1) is 21.1 Å². The summed E-state index contributed by atoms with van der Waals surface area (Å²) >= 11 is 0. The molecule has 78 valence electrons. The van der Waals surface area contributed by atoms with Crippen molar-refractivity contribution in [3.63, 3.8) is 0 Å². The number of carboxylic acid groups (broad SMARTS) is 1. The molecular formula is C10H22NO2+. The van der Waals surface area contributed by atoms with Crippen LogP contribution in [0.4, 0.5) is 0 Å². The Kier molecular flexibility index (Phi) is 3.50. The van der Waals surface area contributed by atoms with E-state index in [9.17, 15) is 9.90 Å². The number of hydrogen-bond donors (Lipinski definition) is 1. The smallest absolute Gasteiger partial charge is 0.365 e. The van der Waals surface area contributed by atoms with Gasteiger partial charge in [0, 0.05) is 12.8 Å². The zero-order valence-electron chi connectivity index (χ0n) is 9.59. The molecule has 0 bridgehead atoms. The van der Waals surface area contributed by atoms with E-state index >= 15 is 0 Å². The lowest BCUT2D eigenvalue weighted by molar-refractivity contribution is -0.916. The summed E-state index contributed by atoms with van der Waals surface area (Å²) in [5, 5.41) is 9.25. The first-order valence-corrected chi connectivity index (χ1v) is 4.72. The highest BCUT2D eigenvalue weighted by Crippen LogP contribution is 2.29. The van der Waals surface area contributed by atoms with Crippen LogP contribution in [0.3, 0.4) is 0 Å². The number of likely N-dealkylation sites (N-methyl/N-ethyl adjacent to an activating group) is 1. The van der Waals surface area contributed by atoms with E-state index in [-0.39, 0.29) is 5.92 Å². The molecule has 13 heavy (non-hydrogen) atoms. The monoisotopic (exact) mass is 188 g/mol. The maximum absolute atomic E-state index is 11.3. The Bertz CT molecular complexity index is 196. The molecule has 0 aromatic carbocycles. The fraction of sp³-hybridized carbons (Fsp3) is 0.900. The summed E-state index contributed by atoms with van der Waals surface area (Å²) in [6.45, 7) is 5.85. The van der Waals surface area contributed by atoms with Crippen LogP contribution in [0.15, 0.2) is 0 Å². The molecule has 0 amide bonds. The van der Waals surface area contributed by atoms with Crippen molar-refractivity contribution >= 4 is 5.97 Å². The van der Waals surface area contributed by atoms with Gasteiger partial charge in [-0.3, -0.25) is 0 Å². The van der Waals surface area contributed by atoms with Crippen LogP contribution in [0.1, 0.15) is 27.2 Å². The van der Waals surface area contributed by atoms with Gasteiger partial charge < -0.3 is 9.59 Å². The molecule has 3 nitrogen and oxygen atoms in total. The van der Waals surface area contributed by atoms with Crippen LogP contribution in [-0.4, -0.2) is 42.2 Å². The lowest BCUT2D eigenvalue weighted by Gasteiger charge is -2.44. The van der Waals surface area contributed by atoms with Crippen molar-refractivity contribution in [1.29, 1.82) is 0 Å². The van der Waals surface area contributed by atoms with Gasteiger partial charge in [0.1, 0.15) is 0 Å². The first kappa shape index (κ1) is 12.4. The topological polar surface area (TPSA) is 37.3 Å². The second-order valence-electron chi connectivity index (χ2n) is 4.77. The standard InChI is InChI=1S/C10H21NO2/c1-7-8(2)10(3,9(12)13)11(4,5)6/h8H,7H2,1-6H3/p+1. The molecule has 0 heterocycles. The highest BCUT2D eigenvalue weighted by atomic mass is 16.4. The summed E-state index contributed by atoms with van der Waals surface area (Å²) in [5.41, 5.74) is -0.700. The van der Waals surface area contributed by atoms with E-state index < -0.39 is 11.5 Å². The Morgan fingerprint density at radius 3 is 1.92 bits per heavy atom. The van der Waals surface area contributed by atoms with Crippen LogP contribution >= 0.6 is 0 Å². The normalized spacial score (nSPS) is 19.2. The third-order valence-electron chi connectivity index (χ3n) is 3.40. The third kappa shape index (κ3) is 2.02. The fourth-order valence-electron chi connectivity index (χ4n) is 1.56. The maximum atomic E-state index is 11.3. The Balaban J connectivity index is 5.08. The first-order chi connectivity index (χ1) is 5.67. The van der Waals surface area contributed by atoms with Crippen molar-refractivity contribution in [2.45, 2.75) is 32.7 Å². The second kappa shape index (κ2) is 3.66. The molecule has 0 fully saturated rings. The van der Waals surface area contributed by atoms with Gasteiger partial charge >= 0.3 is 5.97 Å². The largest absolute Gasteiger partial charge is 0.477 e. The van der Waals surface area contributed by atoms with Crippen LogP contribution < -0.4 is 0 Å². The van der Waals surface area contributed by atoms with Crippen LogP contribution in [0.2, 0.25) is 0 Å². The zero-order valence-corrected chi connectivity index (χ0v) is 9.59. The van der Waals surface area contributed by atoms with Crippen LogP contribution in [0.5, 0.6) is 0 Å². The van der Waals surface area contributed by atoms with Gasteiger partial charge in [-0.05, 0) is 6.42 Å². The molecular weight excluding hydrogens is 166 g/mol. The summed E-state index contributed by atoms with van der Waals surface area (Å²) < 4.78 is 0.456. The van der Waals surface area contributed by atoms with Crippen LogP contribution in [0.25, 0.3) is 0 Å². The number of hydrogen-bond acceptors (Lipinski definition) is 1. The first-order valence-electron chi connectivity index (χ1n) is 4.72. The molecule has 0 aliphatic carbocycles. The van der Waals surface area contributed by atoms with Gasteiger partial charge in [-0.1, -0.05) is 13.8 Å². The van der Waals surface area contributed by atoms with E-state index in [2.05, 4.69) is 0 Å². The quantitative estimate of drug-likeness (QED) is 0.680. The minimum Gasteiger partial charge on any atom is -0.477 e. The summed E-state index contributed by atoms with van der Waals surface area (Å²) in [7, 11) is 5.79. The Labute approximate surface area is 80.9 Å². The minimum absolute atomic E-state index is 0.171. The van der Waals surface area contributed by atoms with E-state index in [1.54, 1.807) is 0 Å². The maximum Gasteiger partial charge on any atom is 0.365 e. The van der Waals surface area contributed by atoms with Crippen molar-refractivity contribution < 1.29 is 14.4 Å². The Morgan fingerprint density at radius 1 is 1.46 bits per heavy atom. The highest BCUT2D eigenvalue weighted by Gasteiger charge is 2.49. The minimum atomic E-state index is -0.714. The lowest BCUT2D eigenvalue weighted by atomic mass is 9.82. The lowest BCUT2D eigenvalue weighted by Crippen LogP contribution is -2.63. The zero-order chi connectivity index (χ0) is 10.9. The number of nitrogens with zero attached hydrogens (tertiary/aromatic N) is 1. The number of carbonyl (C=O) groups is 1. The van der Waals surface area contributed by atoms with Crippen LogP contribution in [-0.2, 0) is 4.79 Å². The van der Waals surface area contributed by atoms with Crippen molar-refractivity contribution in [2.75, 3.05) is 21.1 Å². The van der Waals surface area contributed by atoms with Crippen molar-refractivity contribution in [2.24, 2.45) is 5.92 Å². The highest BCUT2D eigenvalue weighted by molar-refractivity contribution is 5.77. The molecule has 0 saturated carbocycles. The van der Waals surface area contributed by atoms with E-state index in [0.717, 1.165) is 6.42 Å². The molecule has 1 N–H and O–H groups in total. The second-order valence-corrected chi connectivity index (χ2v) is 4.77. The summed E-state index contributed by atoms with van der Waals surface area (Å²) in [4.78, 5) is 11.3. The molecule has 0 rings (SSSR count). The van der Waals surface area contributed by atoms with Crippen LogP contribution in [0, 0.1) is 5.92 Å². The molecule has 3 heteroatoms. The molecule has 0 aromatic rings. The van der Waals surface area contributed by atoms with Crippen molar-refractivity contribution in [1.82, 2.24) is 0 Å². The Morgan fingerprint density at radius 2 is 1.85 bits per heavy atom. The van der Waals surface area contributed by atoms with E-state index in [1.165, 1.54) is 0 Å². The molecule has 0 aliphatic rings. The average Bonchev–Trinajstić information content (AvgIpc) is 1.98. The van der Waals surface area contributed by atoms with Gasteiger partial charge in [-0.25, -0.2) is 4.79 Å². The number of rotatable bonds is 4. The number of aliphatic carboxylic acids is 1. The SMILES string of the molecule is CCC(C)C(C)(C(=O)O)[N+](C)(C)C. The van der Waals surface area contributed by atoms with Gasteiger partial charge in [0.25, 0.3) is 0 Å². The van der Waals surface area contributed by atoms with Gasteiger partial charge in [-0.2, -0.15) is 0 Å². The van der Waals surface area contributed by atoms with Crippen molar-refractivity contribution in [3.05, 3.63) is 0 Å². The molecule has 0 aromatic heterocycles. The summed E-state index contributed by atoms with van der Waals surface area (Å²) in [6, 6.07) is 0. The molecule has 2 unspecified atom stereocenters. The summed E-state index contributed by atoms with van der Waals surface area (Å²) in [5.74, 6) is -0.542. The van der Waals surface area contributed by atoms with E-state index in [0.29, 0.717) is 4.48 Å². The van der Waals surface area contributed by atoms with E-state index in [4.69, 9.17) is 0 Å². The average molecular weight is 188 g/mol. The molecule has 0 radical (unpaired) electrons.